The number of hydrogen-bond donors (Lipinski definition) is 3. The van der Waals surface area contributed by atoms with E-state index < -0.39 is 23.7 Å². The number of carbonyl (C=O) groups excluding carboxylic acids is 4. The normalized spacial score (nSPS) is 10.6. The van der Waals surface area contributed by atoms with Crippen molar-refractivity contribution in [3.63, 3.8) is 0 Å². The Morgan fingerprint density at radius 3 is 2.18 bits per heavy atom. The van der Waals surface area contributed by atoms with E-state index in [9.17, 15) is 19.2 Å². The van der Waals surface area contributed by atoms with E-state index in [1.807, 2.05) is 0 Å². The van der Waals surface area contributed by atoms with E-state index >= 15 is 0 Å². The molecule has 0 aromatic heterocycles. The van der Waals surface area contributed by atoms with E-state index in [0.29, 0.717) is 39.9 Å². The Hall–Kier alpha value is -5.48. The molecule has 0 aliphatic heterocycles. The molecule has 10 nitrogen and oxygen atoms in total. The van der Waals surface area contributed by atoms with Crippen molar-refractivity contribution in [3.05, 3.63) is 119 Å². The molecule has 0 bridgehead atoms. The van der Waals surface area contributed by atoms with E-state index in [2.05, 4.69) is 28.1 Å². The van der Waals surface area contributed by atoms with Gasteiger partial charge >= 0.3 is 17.8 Å². The number of esters is 1. The lowest BCUT2D eigenvalue weighted by molar-refractivity contribution is -0.136. The summed E-state index contributed by atoms with van der Waals surface area (Å²) in [6.07, 6.45) is 3.31. The Morgan fingerprint density at radius 2 is 1.48 bits per heavy atom. The standard InChI is InChI=1S/C33H29ClN4O6/c1-2-3-20-43-26-18-10-23(11-19-26)33(42)44-27-16-8-22(9-17-27)21-35-38-32(41)31(40)37-29-7-5-4-6-28(29)30(39)36-25-14-12-24(34)13-15-25/h4-19,21H,2-3,20H2,1H3,(H,36,39)(H,37,40)(H,38,41). The summed E-state index contributed by atoms with van der Waals surface area (Å²) in [6, 6.07) is 25.9. The lowest BCUT2D eigenvalue weighted by Crippen LogP contribution is -2.33. The number of rotatable bonds is 11. The van der Waals surface area contributed by atoms with Gasteiger partial charge in [0.05, 0.1) is 29.6 Å². The minimum Gasteiger partial charge on any atom is -0.494 e. The molecular formula is C33H29ClN4O6. The fourth-order valence-electron chi connectivity index (χ4n) is 3.73. The number of carbonyl (C=O) groups is 4. The van der Waals surface area contributed by atoms with Gasteiger partial charge < -0.3 is 20.1 Å². The van der Waals surface area contributed by atoms with Gasteiger partial charge in [-0.3, -0.25) is 14.4 Å². The molecular weight excluding hydrogens is 584 g/mol. The minimum atomic E-state index is -1.04. The first-order chi connectivity index (χ1) is 21.3. The third-order valence-electron chi connectivity index (χ3n) is 6.06. The number of amides is 3. The predicted molar refractivity (Wildman–Crippen MR) is 168 cm³/mol. The molecule has 0 saturated heterocycles. The highest BCUT2D eigenvalue weighted by Crippen LogP contribution is 2.20. The molecule has 0 radical (unpaired) electrons. The van der Waals surface area contributed by atoms with Gasteiger partial charge in [-0.25, -0.2) is 10.2 Å². The summed E-state index contributed by atoms with van der Waals surface area (Å²) in [4.78, 5) is 50.0. The summed E-state index contributed by atoms with van der Waals surface area (Å²) in [7, 11) is 0. The molecule has 0 atom stereocenters. The maximum absolute atomic E-state index is 12.8. The SMILES string of the molecule is CCCCOc1ccc(C(=O)Oc2ccc(C=NNC(=O)C(=O)Nc3ccccc3C(=O)Nc3ccc(Cl)cc3)cc2)cc1. The van der Waals surface area contributed by atoms with Crippen LogP contribution in [0, 0.1) is 0 Å². The number of unbranched alkanes of at least 4 members (excludes halogenated alkanes) is 1. The number of para-hydroxylation sites is 1. The number of nitrogens with zero attached hydrogens (tertiary/aromatic N) is 1. The van der Waals surface area contributed by atoms with Crippen molar-refractivity contribution in [1.29, 1.82) is 0 Å². The van der Waals surface area contributed by atoms with Crippen molar-refractivity contribution in [2.75, 3.05) is 17.2 Å². The van der Waals surface area contributed by atoms with Crippen LogP contribution < -0.4 is 25.5 Å². The molecule has 11 heteroatoms. The second kappa shape index (κ2) is 15.7. The first kappa shape index (κ1) is 31.5. The van der Waals surface area contributed by atoms with Crippen LogP contribution in [-0.2, 0) is 9.59 Å². The Bertz CT molecular complexity index is 1640. The van der Waals surface area contributed by atoms with E-state index in [1.54, 1.807) is 84.9 Å². The van der Waals surface area contributed by atoms with Gasteiger partial charge in [-0.05, 0) is 96.9 Å². The fourth-order valence-corrected chi connectivity index (χ4v) is 3.85. The highest BCUT2D eigenvalue weighted by Gasteiger charge is 2.18. The van der Waals surface area contributed by atoms with Crippen LogP contribution in [0.3, 0.4) is 0 Å². The number of anilines is 2. The lowest BCUT2D eigenvalue weighted by Gasteiger charge is -2.11. The molecule has 0 aliphatic rings. The topological polar surface area (TPSA) is 135 Å². The summed E-state index contributed by atoms with van der Waals surface area (Å²) in [5, 5.41) is 9.46. The highest BCUT2D eigenvalue weighted by molar-refractivity contribution is 6.40. The van der Waals surface area contributed by atoms with Crippen molar-refractivity contribution in [3.8, 4) is 11.5 Å². The predicted octanol–water partition coefficient (Wildman–Crippen LogP) is 6.08. The Kier molecular flexibility index (Phi) is 11.2. The van der Waals surface area contributed by atoms with Gasteiger partial charge in [0.25, 0.3) is 5.91 Å². The summed E-state index contributed by atoms with van der Waals surface area (Å²) in [5.41, 5.74) is 3.90. The maximum Gasteiger partial charge on any atom is 0.343 e. The molecule has 0 saturated carbocycles. The first-order valence-corrected chi connectivity index (χ1v) is 14.1. The van der Waals surface area contributed by atoms with Gasteiger partial charge in [0, 0.05) is 10.7 Å². The Labute approximate surface area is 259 Å². The zero-order valence-electron chi connectivity index (χ0n) is 23.7. The molecule has 3 amide bonds. The van der Waals surface area contributed by atoms with Crippen molar-refractivity contribution >= 4 is 52.9 Å². The quantitative estimate of drug-likeness (QED) is 0.0469. The molecule has 4 rings (SSSR count). The van der Waals surface area contributed by atoms with Gasteiger partial charge in [0.2, 0.25) is 0 Å². The number of nitrogens with one attached hydrogen (secondary N) is 3. The molecule has 4 aromatic carbocycles. The van der Waals surface area contributed by atoms with Gasteiger partial charge in [0.15, 0.2) is 0 Å². The number of hydrazone groups is 1. The van der Waals surface area contributed by atoms with Crippen molar-refractivity contribution in [2.45, 2.75) is 19.8 Å². The van der Waals surface area contributed by atoms with Crippen LogP contribution in [0.5, 0.6) is 11.5 Å². The van der Waals surface area contributed by atoms with E-state index in [-0.39, 0.29) is 11.3 Å². The Balaban J connectivity index is 1.26. The van der Waals surface area contributed by atoms with Gasteiger partial charge in [-0.2, -0.15) is 5.10 Å². The smallest absolute Gasteiger partial charge is 0.343 e. The zero-order chi connectivity index (χ0) is 31.3. The molecule has 0 heterocycles. The second-order valence-corrected chi connectivity index (χ2v) is 9.78. The monoisotopic (exact) mass is 612 g/mol. The minimum absolute atomic E-state index is 0.143. The first-order valence-electron chi connectivity index (χ1n) is 13.7. The molecule has 0 spiro atoms. The Morgan fingerprint density at radius 1 is 0.795 bits per heavy atom. The molecule has 44 heavy (non-hydrogen) atoms. The van der Waals surface area contributed by atoms with Crippen molar-refractivity contribution in [2.24, 2.45) is 5.10 Å². The maximum atomic E-state index is 12.8. The van der Waals surface area contributed by atoms with Crippen LogP contribution in [-0.4, -0.2) is 36.5 Å². The lowest BCUT2D eigenvalue weighted by atomic mass is 10.1. The van der Waals surface area contributed by atoms with Crippen molar-refractivity contribution in [1.82, 2.24) is 5.43 Å². The summed E-state index contributed by atoms with van der Waals surface area (Å²) < 4.78 is 11.0. The fraction of sp³-hybridized carbons (Fsp3) is 0.121. The zero-order valence-corrected chi connectivity index (χ0v) is 24.5. The van der Waals surface area contributed by atoms with E-state index in [0.717, 1.165) is 12.8 Å². The molecule has 3 N–H and O–H groups in total. The number of benzene rings is 4. The van der Waals surface area contributed by atoms with Gasteiger partial charge in [0.1, 0.15) is 11.5 Å². The molecule has 0 unspecified atom stereocenters. The molecule has 0 aliphatic carbocycles. The van der Waals surface area contributed by atoms with Crippen LogP contribution in [0.15, 0.2) is 102 Å². The molecule has 0 fully saturated rings. The average Bonchev–Trinajstić information content (AvgIpc) is 3.03. The van der Waals surface area contributed by atoms with E-state index in [1.165, 1.54) is 18.3 Å². The van der Waals surface area contributed by atoms with Gasteiger partial charge in [-0.1, -0.05) is 37.1 Å². The number of ether oxygens (including phenoxy) is 2. The van der Waals surface area contributed by atoms with Crippen LogP contribution in [0.4, 0.5) is 11.4 Å². The van der Waals surface area contributed by atoms with E-state index in [4.69, 9.17) is 21.1 Å². The van der Waals surface area contributed by atoms with Crippen LogP contribution in [0.1, 0.15) is 46.0 Å². The highest BCUT2D eigenvalue weighted by atomic mass is 35.5. The van der Waals surface area contributed by atoms with Gasteiger partial charge in [-0.15, -0.1) is 0 Å². The molecule has 224 valence electrons. The second-order valence-electron chi connectivity index (χ2n) is 9.34. The third kappa shape index (κ3) is 9.27. The summed E-state index contributed by atoms with van der Waals surface area (Å²) in [6.45, 7) is 2.70. The number of halogens is 1. The van der Waals surface area contributed by atoms with Crippen molar-refractivity contribution < 1.29 is 28.7 Å². The van der Waals surface area contributed by atoms with Crippen LogP contribution in [0.2, 0.25) is 5.02 Å². The van der Waals surface area contributed by atoms with Crippen LogP contribution >= 0.6 is 11.6 Å². The third-order valence-corrected chi connectivity index (χ3v) is 6.31. The average molecular weight is 613 g/mol. The summed E-state index contributed by atoms with van der Waals surface area (Å²) >= 11 is 5.88. The summed E-state index contributed by atoms with van der Waals surface area (Å²) in [5.74, 6) is -2.06. The van der Waals surface area contributed by atoms with Crippen LogP contribution in [0.25, 0.3) is 0 Å². The number of hydrogen-bond acceptors (Lipinski definition) is 7. The largest absolute Gasteiger partial charge is 0.494 e. The molecule has 4 aromatic rings.